The predicted molar refractivity (Wildman–Crippen MR) is 101 cm³/mol. The molecule has 0 bridgehead atoms. The van der Waals surface area contributed by atoms with Crippen molar-refractivity contribution in [2.24, 2.45) is 0 Å². The SMILES string of the molecule is CCOc1cc(/C=C/C(=O)N[C@@H](C)c2ccc(F)cc2)cc(Cl)c1OC. The molecule has 0 aromatic heterocycles. The Morgan fingerprint density at radius 1 is 1.31 bits per heavy atom. The van der Waals surface area contributed by atoms with Gasteiger partial charge in [-0.3, -0.25) is 4.79 Å². The Balaban J connectivity index is 2.08. The fourth-order valence-corrected chi connectivity index (χ4v) is 2.71. The highest BCUT2D eigenvalue weighted by molar-refractivity contribution is 6.32. The lowest BCUT2D eigenvalue weighted by Crippen LogP contribution is -2.24. The fourth-order valence-electron chi connectivity index (χ4n) is 2.41. The van der Waals surface area contributed by atoms with Gasteiger partial charge in [0.2, 0.25) is 5.91 Å². The second-order valence-corrected chi connectivity index (χ2v) is 5.99. The van der Waals surface area contributed by atoms with Crippen molar-refractivity contribution in [3.05, 3.63) is 64.4 Å². The average molecular weight is 378 g/mol. The van der Waals surface area contributed by atoms with Crippen LogP contribution in [0.1, 0.15) is 31.0 Å². The van der Waals surface area contributed by atoms with Gasteiger partial charge in [-0.25, -0.2) is 4.39 Å². The summed E-state index contributed by atoms with van der Waals surface area (Å²) in [5.41, 5.74) is 1.53. The van der Waals surface area contributed by atoms with E-state index in [1.54, 1.807) is 30.3 Å². The number of halogens is 2. The summed E-state index contributed by atoms with van der Waals surface area (Å²) in [5.74, 6) is 0.391. The van der Waals surface area contributed by atoms with E-state index in [0.29, 0.717) is 28.7 Å². The molecule has 0 fully saturated rings. The van der Waals surface area contributed by atoms with Gasteiger partial charge in [-0.2, -0.15) is 0 Å². The first-order valence-corrected chi connectivity index (χ1v) is 8.56. The molecule has 0 aliphatic heterocycles. The monoisotopic (exact) mass is 377 g/mol. The van der Waals surface area contributed by atoms with E-state index in [0.717, 1.165) is 5.56 Å². The van der Waals surface area contributed by atoms with Crippen LogP contribution in [0, 0.1) is 5.82 Å². The molecule has 0 radical (unpaired) electrons. The number of rotatable bonds is 7. The number of ether oxygens (including phenoxy) is 2. The molecule has 2 rings (SSSR count). The Morgan fingerprint density at radius 3 is 2.62 bits per heavy atom. The first kappa shape index (κ1) is 19.8. The number of nitrogens with one attached hydrogen (secondary N) is 1. The van der Waals surface area contributed by atoms with Crippen LogP contribution >= 0.6 is 11.6 Å². The van der Waals surface area contributed by atoms with E-state index in [1.807, 2.05) is 13.8 Å². The highest BCUT2D eigenvalue weighted by atomic mass is 35.5. The molecule has 0 aliphatic carbocycles. The minimum absolute atomic E-state index is 0.244. The van der Waals surface area contributed by atoms with E-state index in [2.05, 4.69) is 5.32 Å². The molecule has 0 unspecified atom stereocenters. The summed E-state index contributed by atoms with van der Waals surface area (Å²) in [6, 6.07) is 9.21. The Bertz CT molecular complexity index is 790. The van der Waals surface area contributed by atoms with E-state index >= 15 is 0 Å². The zero-order valence-electron chi connectivity index (χ0n) is 14.9. The molecule has 0 spiro atoms. The molecule has 2 aromatic carbocycles. The maximum atomic E-state index is 13.0. The summed E-state index contributed by atoms with van der Waals surface area (Å²) in [7, 11) is 1.52. The van der Waals surface area contributed by atoms with Gasteiger partial charge < -0.3 is 14.8 Å². The third kappa shape index (κ3) is 5.23. The smallest absolute Gasteiger partial charge is 0.244 e. The van der Waals surface area contributed by atoms with Crippen molar-refractivity contribution in [1.29, 1.82) is 0 Å². The molecule has 1 N–H and O–H groups in total. The van der Waals surface area contributed by atoms with Crippen LogP contribution in [0.3, 0.4) is 0 Å². The molecule has 1 amide bonds. The van der Waals surface area contributed by atoms with E-state index in [1.165, 1.54) is 25.3 Å². The van der Waals surface area contributed by atoms with Crippen molar-refractivity contribution in [3.63, 3.8) is 0 Å². The molecule has 0 saturated heterocycles. The minimum atomic E-state index is -0.311. The van der Waals surface area contributed by atoms with Crippen molar-refractivity contribution in [1.82, 2.24) is 5.32 Å². The second-order valence-electron chi connectivity index (χ2n) is 5.58. The van der Waals surface area contributed by atoms with E-state index in [4.69, 9.17) is 21.1 Å². The Morgan fingerprint density at radius 2 is 2.00 bits per heavy atom. The van der Waals surface area contributed by atoms with Gasteiger partial charge in [0, 0.05) is 6.08 Å². The molecule has 0 heterocycles. The summed E-state index contributed by atoms with van der Waals surface area (Å²) >= 11 is 6.19. The molecular formula is C20H21ClFNO3. The molecule has 6 heteroatoms. The van der Waals surface area contributed by atoms with Crippen LogP contribution in [-0.4, -0.2) is 19.6 Å². The molecule has 2 aromatic rings. The van der Waals surface area contributed by atoms with Gasteiger partial charge in [0.15, 0.2) is 11.5 Å². The number of hydrogen-bond acceptors (Lipinski definition) is 3. The van der Waals surface area contributed by atoms with Crippen molar-refractivity contribution in [2.75, 3.05) is 13.7 Å². The highest BCUT2D eigenvalue weighted by Crippen LogP contribution is 2.36. The van der Waals surface area contributed by atoms with Gasteiger partial charge in [-0.1, -0.05) is 23.7 Å². The molecule has 26 heavy (non-hydrogen) atoms. The zero-order valence-corrected chi connectivity index (χ0v) is 15.6. The average Bonchev–Trinajstić information content (AvgIpc) is 2.60. The van der Waals surface area contributed by atoms with Crippen molar-refractivity contribution in [2.45, 2.75) is 19.9 Å². The summed E-state index contributed by atoms with van der Waals surface area (Å²) < 4.78 is 23.7. The number of hydrogen-bond donors (Lipinski definition) is 1. The summed E-state index contributed by atoms with van der Waals surface area (Å²) in [6.07, 6.45) is 3.05. The Kier molecular flexibility index (Phi) is 7.04. The molecule has 4 nitrogen and oxygen atoms in total. The number of benzene rings is 2. The van der Waals surface area contributed by atoms with Gasteiger partial charge in [-0.15, -0.1) is 0 Å². The number of amides is 1. The Labute approximate surface area is 157 Å². The quantitative estimate of drug-likeness (QED) is 0.706. The molecule has 0 aliphatic rings. The molecular weight excluding hydrogens is 357 g/mol. The third-order valence-electron chi connectivity index (χ3n) is 3.69. The lowest BCUT2D eigenvalue weighted by molar-refractivity contribution is -0.117. The standard InChI is InChI=1S/C20H21ClFNO3/c1-4-26-18-12-14(11-17(21)20(18)25-3)5-10-19(24)23-13(2)15-6-8-16(22)9-7-15/h5-13H,4H2,1-3H3,(H,23,24)/b10-5+/t13-/m0/s1. The second kappa shape index (κ2) is 9.25. The normalized spacial score (nSPS) is 12.0. The van der Waals surface area contributed by atoms with E-state index in [9.17, 15) is 9.18 Å². The van der Waals surface area contributed by atoms with Crippen LogP contribution in [0.15, 0.2) is 42.5 Å². The highest BCUT2D eigenvalue weighted by Gasteiger charge is 2.11. The maximum Gasteiger partial charge on any atom is 0.244 e. The van der Waals surface area contributed by atoms with Crippen molar-refractivity contribution < 1.29 is 18.7 Å². The van der Waals surface area contributed by atoms with Crippen LogP contribution in [0.4, 0.5) is 4.39 Å². The van der Waals surface area contributed by atoms with Crippen LogP contribution < -0.4 is 14.8 Å². The van der Waals surface area contributed by atoms with Gasteiger partial charge >= 0.3 is 0 Å². The summed E-state index contributed by atoms with van der Waals surface area (Å²) in [5, 5.41) is 3.23. The minimum Gasteiger partial charge on any atom is -0.491 e. The van der Waals surface area contributed by atoms with E-state index < -0.39 is 0 Å². The van der Waals surface area contributed by atoms with Gasteiger partial charge in [-0.05, 0) is 55.3 Å². The van der Waals surface area contributed by atoms with Crippen molar-refractivity contribution >= 4 is 23.6 Å². The molecule has 138 valence electrons. The van der Waals surface area contributed by atoms with Gasteiger partial charge in [0.05, 0.1) is 24.8 Å². The van der Waals surface area contributed by atoms with Crippen LogP contribution in [-0.2, 0) is 4.79 Å². The molecule has 1 atom stereocenters. The van der Waals surface area contributed by atoms with Crippen LogP contribution in [0.2, 0.25) is 5.02 Å². The number of carbonyl (C=O) groups is 1. The number of carbonyl (C=O) groups excluding carboxylic acids is 1. The molecule has 0 saturated carbocycles. The lowest BCUT2D eigenvalue weighted by Gasteiger charge is -2.13. The van der Waals surface area contributed by atoms with Crippen molar-refractivity contribution in [3.8, 4) is 11.5 Å². The van der Waals surface area contributed by atoms with Crippen LogP contribution in [0.5, 0.6) is 11.5 Å². The number of methoxy groups -OCH3 is 1. The summed E-state index contributed by atoms with van der Waals surface area (Å²) in [6.45, 7) is 4.16. The largest absolute Gasteiger partial charge is 0.491 e. The third-order valence-corrected chi connectivity index (χ3v) is 3.97. The Hall–Kier alpha value is -2.53. The first-order valence-electron chi connectivity index (χ1n) is 8.19. The van der Waals surface area contributed by atoms with Crippen LogP contribution in [0.25, 0.3) is 6.08 Å². The zero-order chi connectivity index (χ0) is 19.1. The first-order chi connectivity index (χ1) is 12.4. The van der Waals surface area contributed by atoms with E-state index in [-0.39, 0.29) is 17.8 Å². The predicted octanol–water partition coefficient (Wildman–Crippen LogP) is 4.78. The maximum absolute atomic E-state index is 13.0. The topological polar surface area (TPSA) is 47.6 Å². The fraction of sp³-hybridized carbons (Fsp3) is 0.250. The van der Waals surface area contributed by atoms with Gasteiger partial charge in [0.1, 0.15) is 5.82 Å². The summed E-state index contributed by atoms with van der Waals surface area (Å²) in [4.78, 5) is 12.1. The lowest BCUT2D eigenvalue weighted by atomic mass is 10.1. The van der Waals surface area contributed by atoms with Gasteiger partial charge in [0.25, 0.3) is 0 Å².